The van der Waals surface area contributed by atoms with Gasteiger partial charge in [0.25, 0.3) is 0 Å². The molecule has 0 aliphatic carbocycles. The summed E-state index contributed by atoms with van der Waals surface area (Å²) >= 11 is 5.96. The molecule has 0 amide bonds. The Morgan fingerprint density at radius 2 is 1.86 bits per heavy atom. The smallest absolute Gasteiger partial charge is 0.423 e. The predicted octanol–water partition coefficient (Wildman–Crippen LogP) is 1.17. The van der Waals surface area contributed by atoms with Crippen LogP contribution in [0.4, 0.5) is 0 Å². The molecule has 0 saturated heterocycles. The summed E-state index contributed by atoms with van der Waals surface area (Å²) in [7, 11) is -1.43. The zero-order valence-electron chi connectivity index (χ0n) is 7.31. The summed E-state index contributed by atoms with van der Waals surface area (Å²) in [6, 6.07) is 10.7. The van der Waals surface area contributed by atoms with Gasteiger partial charge in [0.2, 0.25) is 0 Å². The van der Waals surface area contributed by atoms with Crippen LogP contribution in [0, 0.1) is 0 Å². The van der Waals surface area contributed by atoms with Gasteiger partial charge in [0.1, 0.15) is 0 Å². The van der Waals surface area contributed by atoms with E-state index in [1.165, 1.54) is 0 Å². The van der Waals surface area contributed by atoms with Gasteiger partial charge in [0, 0.05) is 10.4 Å². The summed E-state index contributed by atoms with van der Waals surface area (Å²) in [4.78, 5) is 0. The van der Waals surface area contributed by atoms with E-state index < -0.39 is 7.12 Å². The molecule has 0 fully saturated rings. The average molecular weight is 206 g/mol. The van der Waals surface area contributed by atoms with Gasteiger partial charge in [0.15, 0.2) is 0 Å². The van der Waals surface area contributed by atoms with Crippen LogP contribution in [-0.4, -0.2) is 17.2 Å². The molecule has 0 aliphatic heterocycles. The van der Waals surface area contributed by atoms with Crippen molar-refractivity contribution in [3.63, 3.8) is 0 Å². The van der Waals surface area contributed by atoms with Crippen LogP contribution >= 0.6 is 11.6 Å². The summed E-state index contributed by atoms with van der Waals surface area (Å²) in [5.41, 5.74) is 0.472. The molecule has 14 heavy (non-hydrogen) atoms. The number of hydrogen-bond acceptors (Lipinski definition) is 2. The van der Waals surface area contributed by atoms with Crippen molar-refractivity contribution >= 4 is 35.0 Å². The molecule has 0 aromatic heterocycles. The van der Waals surface area contributed by atoms with Crippen LogP contribution in [0.2, 0.25) is 5.02 Å². The van der Waals surface area contributed by atoms with Crippen LogP contribution in [0.15, 0.2) is 36.4 Å². The minimum Gasteiger partial charge on any atom is -0.423 e. The van der Waals surface area contributed by atoms with Gasteiger partial charge >= 0.3 is 7.12 Å². The van der Waals surface area contributed by atoms with Gasteiger partial charge in [-0.1, -0.05) is 41.9 Å². The van der Waals surface area contributed by atoms with Crippen molar-refractivity contribution in [3.05, 3.63) is 41.4 Å². The Labute approximate surface area is 86.9 Å². The number of fused-ring (bicyclic) bond motifs is 1. The highest BCUT2D eigenvalue weighted by Gasteiger charge is 2.11. The first-order valence-corrected chi connectivity index (χ1v) is 4.60. The first-order chi connectivity index (χ1) is 6.68. The van der Waals surface area contributed by atoms with E-state index in [4.69, 9.17) is 21.6 Å². The van der Waals surface area contributed by atoms with Crippen molar-refractivity contribution in [2.75, 3.05) is 0 Å². The standard InChI is InChI=1S/C10H8BClO2/c12-10-3-1-2-7-6-8(11(13)14)4-5-9(7)10/h1-6,13-14H. The van der Waals surface area contributed by atoms with E-state index in [-0.39, 0.29) is 0 Å². The molecule has 0 bridgehead atoms. The van der Waals surface area contributed by atoms with Crippen molar-refractivity contribution in [2.24, 2.45) is 0 Å². The van der Waals surface area contributed by atoms with Crippen LogP contribution in [0.3, 0.4) is 0 Å². The molecule has 2 nitrogen and oxygen atoms in total. The van der Waals surface area contributed by atoms with Crippen LogP contribution in [0.1, 0.15) is 0 Å². The molecular weight excluding hydrogens is 198 g/mol. The van der Waals surface area contributed by atoms with Crippen molar-refractivity contribution < 1.29 is 10.0 Å². The van der Waals surface area contributed by atoms with Gasteiger partial charge in [-0.3, -0.25) is 0 Å². The van der Waals surface area contributed by atoms with E-state index in [2.05, 4.69) is 0 Å². The average Bonchev–Trinajstić information content (AvgIpc) is 2.17. The molecule has 0 spiro atoms. The lowest BCUT2D eigenvalue weighted by atomic mass is 9.79. The Morgan fingerprint density at radius 1 is 1.07 bits per heavy atom. The van der Waals surface area contributed by atoms with Crippen molar-refractivity contribution in [1.82, 2.24) is 0 Å². The van der Waals surface area contributed by atoms with E-state index in [9.17, 15) is 0 Å². The highest BCUT2D eigenvalue weighted by Crippen LogP contribution is 2.21. The summed E-state index contributed by atoms with van der Waals surface area (Å²) in [5.74, 6) is 0. The third-order valence-corrected chi connectivity index (χ3v) is 2.48. The fraction of sp³-hybridized carbons (Fsp3) is 0. The Hall–Kier alpha value is -1.03. The fourth-order valence-corrected chi connectivity index (χ4v) is 1.67. The maximum absolute atomic E-state index is 8.98. The Morgan fingerprint density at radius 3 is 2.57 bits per heavy atom. The topological polar surface area (TPSA) is 40.5 Å². The largest absolute Gasteiger partial charge is 0.488 e. The second kappa shape index (κ2) is 3.61. The number of hydrogen-bond donors (Lipinski definition) is 2. The maximum atomic E-state index is 8.98. The molecule has 0 unspecified atom stereocenters. The third kappa shape index (κ3) is 1.62. The van der Waals surface area contributed by atoms with Gasteiger partial charge in [-0.05, 0) is 16.9 Å². The summed E-state index contributed by atoms with van der Waals surface area (Å²) < 4.78 is 0. The van der Waals surface area contributed by atoms with Crippen LogP contribution < -0.4 is 5.46 Å². The van der Waals surface area contributed by atoms with E-state index in [1.54, 1.807) is 24.3 Å². The highest BCUT2D eigenvalue weighted by molar-refractivity contribution is 6.59. The first-order valence-electron chi connectivity index (χ1n) is 4.23. The van der Waals surface area contributed by atoms with Crippen LogP contribution in [-0.2, 0) is 0 Å². The second-order valence-electron chi connectivity index (χ2n) is 3.09. The SMILES string of the molecule is OB(O)c1ccc2c(Cl)cccc2c1. The second-order valence-corrected chi connectivity index (χ2v) is 3.50. The van der Waals surface area contributed by atoms with E-state index >= 15 is 0 Å². The summed E-state index contributed by atoms with van der Waals surface area (Å²) in [6.07, 6.45) is 0. The molecule has 2 N–H and O–H groups in total. The lowest BCUT2D eigenvalue weighted by Crippen LogP contribution is -2.29. The Kier molecular flexibility index (Phi) is 2.46. The molecule has 0 saturated carbocycles. The molecule has 0 radical (unpaired) electrons. The minimum absolute atomic E-state index is 0.472. The zero-order valence-corrected chi connectivity index (χ0v) is 8.07. The minimum atomic E-state index is -1.43. The maximum Gasteiger partial charge on any atom is 0.488 e. The van der Waals surface area contributed by atoms with Crippen molar-refractivity contribution in [3.8, 4) is 0 Å². The molecule has 0 heterocycles. The molecule has 2 aromatic rings. The summed E-state index contributed by atoms with van der Waals surface area (Å²) in [6.45, 7) is 0. The molecular formula is C10H8BClO2. The van der Waals surface area contributed by atoms with Gasteiger partial charge in [-0.2, -0.15) is 0 Å². The van der Waals surface area contributed by atoms with Crippen LogP contribution in [0.5, 0.6) is 0 Å². The van der Waals surface area contributed by atoms with Gasteiger partial charge in [0.05, 0.1) is 0 Å². The molecule has 70 valence electrons. The Balaban J connectivity index is 2.67. The molecule has 0 atom stereocenters. The van der Waals surface area contributed by atoms with E-state index in [0.29, 0.717) is 10.5 Å². The first kappa shape index (κ1) is 9.53. The predicted molar refractivity (Wildman–Crippen MR) is 58.8 cm³/mol. The molecule has 2 rings (SSSR count). The lowest BCUT2D eigenvalue weighted by Gasteiger charge is -2.03. The lowest BCUT2D eigenvalue weighted by molar-refractivity contribution is 0.426. The third-order valence-electron chi connectivity index (χ3n) is 2.15. The van der Waals surface area contributed by atoms with Gasteiger partial charge in [-0.15, -0.1) is 0 Å². The van der Waals surface area contributed by atoms with Crippen molar-refractivity contribution in [2.45, 2.75) is 0 Å². The summed E-state index contributed by atoms with van der Waals surface area (Å²) in [5, 5.41) is 20.4. The zero-order chi connectivity index (χ0) is 10.1. The van der Waals surface area contributed by atoms with Crippen LogP contribution in [0.25, 0.3) is 10.8 Å². The quantitative estimate of drug-likeness (QED) is 0.688. The normalized spacial score (nSPS) is 10.5. The highest BCUT2D eigenvalue weighted by atomic mass is 35.5. The molecule has 0 aliphatic rings. The number of benzene rings is 2. The Bertz CT molecular complexity index is 471. The molecule has 2 aromatic carbocycles. The molecule has 4 heteroatoms. The monoisotopic (exact) mass is 206 g/mol. The fourth-order valence-electron chi connectivity index (χ4n) is 1.42. The number of rotatable bonds is 1. The van der Waals surface area contributed by atoms with Crippen molar-refractivity contribution in [1.29, 1.82) is 0 Å². The van der Waals surface area contributed by atoms with Gasteiger partial charge < -0.3 is 10.0 Å². The van der Waals surface area contributed by atoms with Gasteiger partial charge in [-0.25, -0.2) is 0 Å². The van der Waals surface area contributed by atoms with E-state index in [0.717, 1.165) is 10.8 Å². The number of halogens is 1. The van der Waals surface area contributed by atoms with E-state index in [1.807, 2.05) is 12.1 Å².